The van der Waals surface area contributed by atoms with Crippen molar-refractivity contribution in [2.24, 2.45) is 0 Å². The molecule has 3 N–H and O–H groups in total. The Morgan fingerprint density at radius 1 is 1.15 bits per heavy atom. The third kappa shape index (κ3) is 3.19. The summed E-state index contributed by atoms with van der Waals surface area (Å²) in [5.74, 6) is 0. The molecule has 0 radical (unpaired) electrons. The van der Waals surface area contributed by atoms with E-state index in [2.05, 4.69) is 15.7 Å². The first-order valence-corrected chi connectivity index (χ1v) is 8.60. The van der Waals surface area contributed by atoms with E-state index >= 15 is 0 Å². The SMILES string of the molecule is O=C(NCc1ccccc1-n1cccn1)NC1c2ccccc2CC1O. The van der Waals surface area contributed by atoms with E-state index in [1.807, 2.05) is 60.8 Å². The van der Waals surface area contributed by atoms with Gasteiger partial charge in [0.05, 0.1) is 17.8 Å². The lowest BCUT2D eigenvalue weighted by atomic mass is 10.1. The highest BCUT2D eigenvalue weighted by Crippen LogP contribution is 2.31. The maximum absolute atomic E-state index is 12.4. The highest BCUT2D eigenvalue weighted by Gasteiger charge is 2.31. The topological polar surface area (TPSA) is 79.2 Å². The third-order valence-corrected chi connectivity index (χ3v) is 4.67. The molecule has 0 saturated heterocycles. The number of carbonyl (C=O) groups is 1. The van der Waals surface area contributed by atoms with Gasteiger partial charge in [0.25, 0.3) is 0 Å². The molecule has 1 aromatic heterocycles. The number of aliphatic hydroxyl groups excluding tert-OH is 1. The predicted octanol–water partition coefficient (Wildman–Crippen LogP) is 2.33. The van der Waals surface area contributed by atoms with Crippen LogP contribution in [0.4, 0.5) is 4.79 Å². The minimum Gasteiger partial charge on any atom is -0.390 e. The fourth-order valence-corrected chi connectivity index (χ4v) is 3.41. The largest absolute Gasteiger partial charge is 0.390 e. The average molecular weight is 348 g/mol. The zero-order chi connectivity index (χ0) is 17.9. The van der Waals surface area contributed by atoms with Gasteiger partial charge in [-0.25, -0.2) is 9.48 Å². The Bertz CT molecular complexity index is 908. The second-order valence-electron chi connectivity index (χ2n) is 6.35. The molecule has 2 unspecified atom stereocenters. The van der Waals surface area contributed by atoms with Gasteiger partial charge in [-0.15, -0.1) is 0 Å². The second-order valence-corrected chi connectivity index (χ2v) is 6.35. The number of para-hydroxylation sites is 1. The summed E-state index contributed by atoms with van der Waals surface area (Å²) in [5.41, 5.74) is 3.93. The summed E-state index contributed by atoms with van der Waals surface area (Å²) in [6.45, 7) is 0.367. The van der Waals surface area contributed by atoms with Crippen molar-refractivity contribution in [2.75, 3.05) is 0 Å². The van der Waals surface area contributed by atoms with Crippen LogP contribution >= 0.6 is 0 Å². The van der Waals surface area contributed by atoms with Crippen molar-refractivity contribution in [1.82, 2.24) is 20.4 Å². The van der Waals surface area contributed by atoms with Crippen LogP contribution in [0.25, 0.3) is 5.69 Å². The van der Waals surface area contributed by atoms with Gasteiger partial charge in [0, 0.05) is 25.4 Å². The van der Waals surface area contributed by atoms with Crippen molar-refractivity contribution in [3.63, 3.8) is 0 Å². The second kappa shape index (κ2) is 7.01. The number of nitrogens with one attached hydrogen (secondary N) is 2. The van der Waals surface area contributed by atoms with E-state index in [1.165, 1.54) is 0 Å². The normalized spacial score (nSPS) is 18.3. The molecule has 2 atom stereocenters. The van der Waals surface area contributed by atoms with Crippen LogP contribution in [0.3, 0.4) is 0 Å². The van der Waals surface area contributed by atoms with Crippen LogP contribution in [0, 0.1) is 0 Å². The number of aromatic nitrogens is 2. The van der Waals surface area contributed by atoms with E-state index in [0.29, 0.717) is 13.0 Å². The Balaban J connectivity index is 1.43. The number of rotatable bonds is 4. The molecule has 0 spiro atoms. The lowest BCUT2D eigenvalue weighted by Gasteiger charge is -2.19. The Kier molecular flexibility index (Phi) is 4.41. The maximum atomic E-state index is 12.4. The number of carbonyl (C=O) groups excluding carboxylic acids is 1. The molecule has 1 heterocycles. The summed E-state index contributed by atoms with van der Waals surface area (Å²) in [6, 6.07) is 16.7. The quantitative estimate of drug-likeness (QED) is 0.677. The maximum Gasteiger partial charge on any atom is 0.315 e. The lowest BCUT2D eigenvalue weighted by molar-refractivity contribution is 0.142. The van der Waals surface area contributed by atoms with E-state index in [1.54, 1.807) is 10.9 Å². The molecule has 2 aromatic carbocycles. The minimum atomic E-state index is -0.602. The van der Waals surface area contributed by atoms with Gasteiger partial charge in [0.2, 0.25) is 0 Å². The van der Waals surface area contributed by atoms with Crippen LogP contribution in [-0.2, 0) is 13.0 Å². The molecule has 0 bridgehead atoms. The molecule has 26 heavy (non-hydrogen) atoms. The minimum absolute atomic E-state index is 0.305. The fraction of sp³-hybridized carbons (Fsp3) is 0.200. The number of urea groups is 1. The first-order chi connectivity index (χ1) is 12.7. The molecule has 6 heteroatoms. The molecule has 4 rings (SSSR count). The number of hydrogen-bond acceptors (Lipinski definition) is 3. The van der Waals surface area contributed by atoms with E-state index < -0.39 is 6.10 Å². The van der Waals surface area contributed by atoms with Gasteiger partial charge in [-0.2, -0.15) is 5.10 Å². The summed E-state index contributed by atoms with van der Waals surface area (Å²) in [7, 11) is 0. The molecule has 1 aliphatic carbocycles. The van der Waals surface area contributed by atoms with Gasteiger partial charge in [0.15, 0.2) is 0 Å². The summed E-state index contributed by atoms with van der Waals surface area (Å²) >= 11 is 0. The average Bonchev–Trinajstić information content (AvgIpc) is 3.29. The van der Waals surface area contributed by atoms with Gasteiger partial charge in [-0.05, 0) is 28.8 Å². The highest BCUT2D eigenvalue weighted by molar-refractivity contribution is 5.75. The Morgan fingerprint density at radius 3 is 2.81 bits per heavy atom. The lowest BCUT2D eigenvalue weighted by Crippen LogP contribution is -2.40. The molecule has 3 aromatic rings. The number of benzene rings is 2. The van der Waals surface area contributed by atoms with Crippen LogP contribution < -0.4 is 10.6 Å². The predicted molar refractivity (Wildman–Crippen MR) is 97.8 cm³/mol. The molecule has 6 nitrogen and oxygen atoms in total. The van der Waals surface area contributed by atoms with Crippen LogP contribution in [-0.4, -0.2) is 27.0 Å². The third-order valence-electron chi connectivity index (χ3n) is 4.67. The molecule has 132 valence electrons. The summed E-state index contributed by atoms with van der Waals surface area (Å²) in [5, 5.41) is 20.3. The first kappa shape index (κ1) is 16.4. The number of amides is 2. The smallest absolute Gasteiger partial charge is 0.315 e. The Morgan fingerprint density at radius 2 is 1.96 bits per heavy atom. The zero-order valence-electron chi connectivity index (χ0n) is 14.2. The number of hydrogen-bond donors (Lipinski definition) is 3. The van der Waals surface area contributed by atoms with Gasteiger partial charge in [0.1, 0.15) is 0 Å². The molecule has 0 aliphatic heterocycles. The molecule has 0 fully saturated rings. The van der Waals surface area contributed by atoms with Crippen molar-refractivity contribution < 1.29 is 9.90 Å². The Labute approximate surface area is 151 Å². The highest BCUT2D eigenvalue weighted by atomic mass is 16.3. The summed E-state index contributed by atoms with van der Waals surface area (Å²) in [6.07, 6.45) is 3.54. The van der Waals surface area contributed by atoms with Gasteiger partial charge in [-0.1, -0.05) is 42.5 Å². The van der Waals surface area contributed by atoms with Crippen molar-refractivity contribution >= 4 is 6.03 Å². The monoisotopic (exact) mass is 348 g/mol. The van der Waals surface area contributed by atoms with Crippen LogP contribution in [0.15, 0.2) is 67.0 Å². The fourth-order valence-electron chi connectivity index (χ4n) is 3.41. The molecular weight excluding hydrogens is 328 g/mol. The number of nitrogens with zero attached hydrogens (tertiary/aromatic N) is 2. The van der Waals surface area contributed by atoms with Crippen molar-refractivity contribution in [3.05, 3.63) is 83.7 Å². The van der Waals surface area contributed by atoms with Gasteiger partial charge in [-0.3, -0.25) is 0 Å². The summed E-state index contributed by atoms with van der Waals surface area (Å²) in [4.78, 5) is 12.4. The Hall–Kier alpha value is -3.12. The van der Waals surface area contributed by atoms with Gasteiger partial charge >= 0.3 is 6.03 Å². The van der Waals surface area contributed by atoms with Crippen LogP contribution in [0.5, 0.6) is 0 Å². The van der Waals surface area contributed by atoms with Crippen molar-refractivity contribution in [1.29, 1.82) is 0 Å². The van der Waals surface area contributed by atoms with E-state index in [-0.39, 0.29) is 12.1 Å². The molecule has 0 saturated carbocycles. The molecular formula is C20H20N4O2. The van der Waals surface area contributed by atoms with E-state index in [0.717, 1.165) is 22.4 Å². The van der Waals surface area contributed by atoms with Crippen LogP contribution in [0.1, 0.15) is 22.7 Å². The van der Waals surface area contributed by atoms with E-state index in [4.69, 9.17) is 0 Å². The number of fused-ring (bicyclic) bond motifs is 1. The molecule has 1 aliphatic rings. The van der Waals surface area contributed by atoms with Crippen molar-refractivity contribution in [3.8, 4) is 5.69 Å². The van der Waals surface area contributed by atoms with Gasteiger partial charge < -0.3 is 15.7 Å². The number of aliphatic hydroxyl groups is 1. The standard InChI is InChI=1S/C20H20N4O2/c25-18-12-14-6-1-3-8-16(14)19(18)23-20(26)21-13-15-7-2-4-9-17(15)24-11-5-10-22-24/h1-11,18-19,25H,12-13H2,(H2,21,23,26). The van der Waals surface area contributed by atoms with E-state index in [9.17, 15) is 9.90 Å². The molecule has 2 amide bonds. The summed E-state index contributed by atoms with van der Waals surface area (Å²) < 4.78 is 1.77. The first-order valence-electron chi connectivity index (χ1n) is 8.60. The van der Waals surface area contributed by atoms with Crippen LogP contribution in [0.2, 0.25) is 0 Å². The van der Waals surface area contributed by atoms with Crippen molar-refractivity contribution in [2.45, 2.75) is 25.1 Å². The zero-order valence-corrected chi connectivity index (χ0v) is 14.2.